The molecule has 2 nitrogen and oxygen atoms in total. The summed E-state index contributed by atoms with van der Waals surface area (Å²) in [5, 5.41) is 3.35. The molecule has 84 valence electrons. The van der Waals surface area contributed by atoms with Gasteiger partial charge in [0.05, 0.1) is 7.11 Å². The summed E-state index contributed by atoms with van der Waals surface area (Å²) in [6.07, 6.45) is 1.15. The van der Waals surface area contributed by atoms with Crippen molar-refractivity contribution >= 4 is 0 Å². The van der Waals surface area contributed by atoms with Gasteiger partial charge in [-0.2, -0.15) is 0 Å². The maximum absolute atomic E-state index is 5.35. The highest BCUT2D eigenvalue weighted by atomic mass is 16.5. The fraction of sp³-hybridized carbons (Fsp3) is 0.538. The summed E-state index contributed by atoms with van der Waals surface area (Å²) < 4.78 is 5.35. The summed E-state index contributed by atoms with van der Waals surface area (Å²) in [6.45, 7) is 6.48. The van der Waals surface area contributed by atoms with E-state index in [4.69, 9.17) is 4.74 Å². The summed E-state index contributed by atoms with van der Waals surface area (Å²) >= 11 is 0. The first-order valence-corrected chi connectivity index (χ1v) is 5.63. The molecule has 0 aliphatic heterocycles. The van der Waals surface area contributed by atoms with Gasteiger partial charge in [0.2, 0.25) is 0 Å². The second kappa shape index (κ2) is 6.46. The third-order valence-electron chi connectivity index (χ3n) is 2.67. The minimum atomic E-state index is 0.542. The summed E-state index contributed by atoms with van der Waals surface area (Å²) in [6, 6.07) is 8.26. The van der Waals surface area contributed by atoms with Crippen LogP contribution in [0.1, 0.15) is 31.7 Å². The summed E-state index contributed by atoms with van der Waals surface area (Å²) in [5.74, 6) is 1.54. The van der Waals surface area contributed by atoms with Gasteiger partial charge in [-0.05, 0) is 37.1 Å². The zero-order chi connectivity index (χ0) is 11.1. The largest absolute Gasteiger partial charge is 0.496 e. The molecule has 0 saturated heterocycles. The smallest absolute Gasteiger partial charge is 0.122 e. The highest BCUT2D eigenvalue weighted by Crippen LogP contribution is 2.27. The maximum Gasteiger partial charge on any atom is 0.122 e. The Labute approximate surface area is 92.6 Å². The molecular weight excluding hydrogens is 186 g/mol. The Hall–Kier alpha value is -1.02. The van der Waals surface area contributed by atoms with Crippen LogP contribution in [0.5, 0.6) is 5.75 Å². The number of nitrogens with one attached hydrogen (secondary N) is 1. The lowest BCUT2D eigenvalue weighted by Gasteiger charge is -2.15. The van der Waals surface area contributed by atoms with Gasteiger partial charge in [0.1, 0.15) is 5.75 Å². The first kappa shape index (κ1) is 12.1. The standard InChI is InChI=1S/C13H21NO/c1-4-14-10-9-11(2)12-7-5-6-8-13(12)15-3/h5-8,11,14H,4,9-10H2,1-3H3. The highest BCUT2D eigenvalue weighted by molar-refractivity contribution is 5.35. The average Bonchev–Trinajstić information content (AvgIpc) is 2.29. The lowest BCUT2D eigenvalue weighted by molar-refractivity contribution is 0.405. The van der Waals surface area contributed by atoms with Crippen LogP contribution in [0.3, 0.4) is 0 Å². The van der Waals surface area contributed by atoms with Crippen molar-refractivity contribution < 1.29 is 4.74 Å². The summed E-state index contributed by atoms with van der Waals surface area (Å²) in [7, 11) is 1.73. The van der Waals surface area contributed by atoms with Crippen LogP contribution in [0.2, 0.25) is 0 Å². The first-order chi connectivity index (χ1) is 7.29. The molecule has 1 rings (SSSR count). The van der Waals surface area contributed by atoms with Gasteiger partial charge in [0, 0.05) is 0 Å². The van der Waals surface area contributed by atoms with E-state index in [1.54, 1.807) is 7.11 Å². The Morgan fingerprint density at radius 3 is 2.73 bits per heavy atom. The van der Waals surface area contributed by atoms with Crippen molar-refractivity contribution in [3.63, 3.8) is 0 Å². The van der Waals surface area contributed by atoms with E-state index in [1.807, 2.05) is 12.1 Å². The van der Waals surface area contributed by atoms with Gasteiger partial charge < -0.3 is 10.1 Å². The summed E-state index contributed by atoms with van der Waals surface area (Å²) in [4.78, 5) is 0. The van der Waals surface area contributed by atoms with E-state index in [0.717, 1.165) is 25.3 Å². The van der Waals surface area contributed by atoms with Crippen molar-refractivity contribution in [2.45, 2.75) is 26.2 Å². The van der Waals surface area contributed by atoms with Gasteiger partial charge >= 0.3 is 0 Å². The fourth-order valence-electron chi connectivity index (χ4n) is 1.72. The SMILES string of the molecule is CCNCCC(C)c1ccccc1OC. The fourth-order valence-corrected chi connectivity index (χ4v) is 1.72. The molecule has 0 radical (unpaired) electrons. The quantitative estimate of drug-likeness (QED) is 0.724. The van der Waals surface area contributed by atoms with Crippen molar-refractivity contribution in [2.24, 2.45) is 0 Å². The predicted octanol–water partition coefficient (Wildman–Crippen LogP) is 2.80. The number of rotatable bonds is 6. The van der Waals surface area contributed by atoms with E-state index >= 15 is 0 Å². The van der Waals surface area contributed by atoms with Gasteiger partial charge in [-0.25, -0.2) is 0 Å². The number of methoxy groups -OCH3 is 1. The van der Waals surface area contributed by atoms with Crippen molar-refractivity contribution in [3.05, 3.63) is 29.8 Å². The van der Waals surface area contributed by atoms with Crippen LogP contribution < -0.4 is 10.1 Å². The molecule has 1 aromatic rings. The number of ether oxygens (including phenoxy) is 1. The Bertz CT molecular complexity index is 286. The second-order valence-electron chi connectivity index (χ2n) is 3.79. The molecule has 1 aromatic carbocycles. The Morgan fingerprint density at radius 1 is 1.33 bits per heavy atom. The van der Waals surface area contributed by atoms with Crippen LogP contribution in [0.15, 0.2) is 24.3 Å². The van der Waals surface area contributed by atoms with Crippen LogP contribution in [0, 0.1) is 0 Å². The van der Waals surface area contributed by atoms with Crippen LogP contribution in [-0.4, -0.2) is 20.2 Å². The van der Waals surface area contributed by atoms with Crippen molar-refractivity contribution in [2.75, 3.05) is 20.2 Å². The topological polar surface area (TPSA) is 21.3 Å². The van der Waals surface area contributed by atoms with Crippen molar-refractivity contribution in [1.82, 2.24) is 5.32 Å². The van der Waals surface area contributed by atoms with Crippen molar-refractivity contribution in [1.29, 1.82) is 0 Å². The lowest BCUT2D eigenvalue weighted by Crippen LogP contribution is -2.16. The molecule has 2 heteroatoms. The molecule has 0 aromatic heterocycles. The Balaban J connectivity index is 2.59. The molecule has 0 heterocycles. The third-order valence-corrected chi connectivity index (χ3v) is 2.67. The minimum absolute atomic E-state index is 0.542. The molecule has 0 amide bonds. The van der Waals surface area contributed by atoms with E-state index in [2.05, 4.69) is 31.3 Å². The summed E-state index contributed by atoms with van der Waals surface area (Å²) in [5.41, 5.74) is 1.30. The number of benzene rings is 1. The van der Waals surface area contributed by atoms with E-state index in [0.29, 0.717) is 5.92 Å². The molecule has 0 bridgehead atoms. The molecule has 15 heavy (non-hydrogen) atoms. The minimum Gasteiger partial charge on any atom is -0.496 e. The zero-order valence-corrected chi connectivity index (χ0v) is 9.92. The second-order valence-corrected chi connectivity index (χ2v) is 3.79. The van der Waals surface area contributed by atoms with Crippen molar-refractivity contribution in [3.8, 4) is 5.75 Å². The van der Waals surface area contributed by atoms with Crippen LogP contribution in [0.25, 0.3) is 0 Å². The number of hydrogen-bond donors (Lipinski definition) is 1. The highest BCUT2D eigenvalue weighted by Gasteiger charge is 2.09. The molecule has 0 fully saturated rings. The van der Waals surface area contributed by atoms with E-state index in [1.165, 1.54) is 5.56 Å². The molecule has 0 spiro atoms. The lowest BCUT2D eigenvalue weighted by atomic mass is 9.97. The molecule has 1 atom stereocenters. The molecule has 1 N–H and O–H groups in total. The maximum atomic E-state index is 5.35. The zero-order valence-electron chi connectivity index (χ0n) is 9.92. The average molecular weight is 207 g/mol. The van der Waals surface area contributed by atoms with Crippen LogP contribution >= 0.6 is 0 Å². The van der Waals surface area contributed by atoms with Gasteiger partial charge in [0.15, 0.2) is 0 Å². The Kier molecular flexibility index (Phi) is 5.19. The molecule has 1 unspecified atom stereocenters. The van der Waals surface area contributed by atoms with E-state index < -0.39 is 0 Å². The monoisotopic (exact) mass is 207 g/mol. The normalized spacial score (nSPS) is 12.5. The molecule has 0 aliphatic rings. The number of para-hydroxylation sites is 1. The van der Waals surface area contributed by atoms with Crippen LogP contribution in [0.4, 0.5) is 0 Å². The molecule has 0 saturated carbocycles. The first-order valence-electron chi connectivity index (χ1n) is 5.63. The van der Waals surface area contributed by atoms with Gasteiger partial charge in [-0.3, -0.25) is 0 Å². The predicted molar refractivity (Wildman–Crippen MR) is 64.6 cm³/mol. The van der Waals surface area contributed by atoms with Gasteiger partial charge in [0.25, 0.3) is 0 Å². The molecule has 0 aliphatic carbocycles. The van der Waals surface area contributed by atoms with Gasteiger partial charge in [-0.1, -0.05) is 32.0 Å². The van der Waals surface area contributed by atoms with Gasteiger partial charge in [-0.15, -0.1) is 0 Å². The van der Waals surface area contributed by atoms with Crippen LogP contribution in [-0.2, 0) is 0 Å². The Morgan fingerprint density at radius 2 is 2.07 bits per heavy atom. The number of hydrogen-bond acceptors (Lipinski definition) is 2. The van der Waals surface area contributed by atoms with E-state index in [9.17, 15) is 0 Å². The van der Waals surface area contributed by atoms with E-state index in [-0.39, 0.29) is 0 Å². The molecular formula is C13H21NO. The third kappa shape index (κ3) is 3.56.